The number of anilines is 1. The SMILES string of the molecule is Cc1c[nH]c(=O)c(N2CCOC(C)(C)[C@@H]2C)c1. The molecule has 0 aliphatic carbocycles. The minimum Gasteiger partial charge on any atom is -0.372 e. The monoisotopic (exact) mass is 236 g/mol. The molecular formula is C13H20N2O2. The third-order valence-electron chi connectivity index (χ3n) is 3.62. The summed E-state index contributed by atoms with van der Waals surface area (Å²) in [6.45, 7) is 9.63. The Morgan fingerprint density at radius 3 is 2.94 bits per heavy atom. The number of ether oxygens (including phenoxy) is 1. The van der Waals surface area contributed by atoms with Crippen LogP contribution in [0.5, 0.6) is 0 Å². The van der Waals surface area contributed by atoms with Crippen molar-refractivity contribution in [3.63, 3.8) is 0 Å². The van der Waals surface area contributed by atoms with Gasteiger partial charge in [-0.25, -0.2) is 0 Å². The van der Waals surface area contributed by atoms with Crippen molar-refractivity contribution in [3.05, 3.63) is 28.2 Å². The van der Waals surface area contributed by atoms with Gasteiger partial charge in [-0.2, -0.15) is 0 Å². The van der Waals surface area contributed by atoms with E-state index < -0.39 is 0 Å². The highest BCUT2D eigenvalue weighted by molar-refractivity contribution is 5.48. The minimum absolute atomic E-state index is 0.0276. The highest BCUT2D eigenvalue weighted by Gasteiger charge is 2.36. The number of nitrogens with one attached hydrogen (secondary N) is 1. The number of hydrogen-bond acceptors (Lipinski definition) is 3. The fourth-order valence-electron chi connectivity index (χ4n) is 2.22. The number of aromatic amines is 1. The summed E-state index contributed by atoms with van der Waals surface area (Å²) < 4.78 is 5.75. The van der Waals surface area contributed by atoms with Crippen molar-refractivity contribution in [2.45, 2.75) is 39.3 Å². The number of morpholine rings is 1. The fraction of sp³-hybridized carbons (Fsp3) is 0.615. The van der Waals surface area contributed by atoms with E-state index in [2.05, 4.69) is 30.7 Å². The van der Waals surface area contributed by atoms with E-state index in [9.17, 15) is 4.79 Å². The number of rotatable bonds is 1. The van der Waals surface area contributed by atoms with Gasteiger partial charge in [0.05, 0.1) is 18.2 Å². The van der Waals surface area contributed by atoms with Crippen molar-refractivity contribution in [3.8, 4) is 0 Å². The fourth-order valence-corrected chi connectivity index (χ4v) is 2.22. The highest BCUT2D eigenvalue weighted by Crippen LogP contribution is 2.27. The van der Waals surface area contributed by atoms with Crippen LogP contribution >= 0.6 is 0 Å². The van der Waals surface area contributed by atoms with Gasteiger partial charge in [-0.15, -0.1) is 0 Å². The van der Waals surface area contributed by atoms with Crippen LogP contribution in [0.4, 0.5) is 5.69 Å². The lowest BCUT2D eigenvalue weighted by atomic mass is 9.96. The van der Waals surface area contributed by atoms with E-state index in [1.54, 1.807) is 6.20 Å². The molecule has 0 saturated carbocycles. The number of aryl methyl sites for hydroxylation is 1. The summed E-state index contributed by atoms with van der Waals surface area (Å²) in [6, 6.07) is 2.12. The van der Waals surface area contributed by atoms with Gasteiger partial charge in [0.15, 0.2) is 0 Å². The van der Waals surface area contributed by atoms with Gasteiger partial charge < -0.3 is 14.6 Å². The molecule has 4 heteroatoms. The number of hydrogen-bond donors (Lipinski definition) is 1. The number of aromatic nitrogens is 1. The summed E-state index contributed by atoms with van der Waals surface area (Å²) in [6.07, 6.45) is 1.74. The normalized spacial score (nSPS) is 23.8. The lowest BCUT2D eigenvalue weighted by Gasteiger charge is -2.45. The molecule has 1 fully saturated rings. The Morgan fingerprint density at radius 2 is 2.24 bits per heavy atom. The maximum absolute atomic E-state index is 11.9. The lowest BCUT2D eigenvalue weighted by Crippen LogP contribution is -2.56. The molecular weight excluding hydrogens is 216 g/mol. The smallest absolute Gasteiger partial charge is 0.271 e. The maximum atomic E-state index is 11.9. The maximum Gasteiger partial charge on any atom is 0.271 e. The van der Waals surface area contributed by atoms with Crippen molar-refractivity contribution >= 4 is 5.69 Å². The van der Waals surface area contributed by atoms with Gasteiger partial charge in [-0.1, -0.05) is 0 Å². The molecule has 0 radical (unpaired) electrons. The van der Waals surface area contributed by atoms with E-state index in [0.717, 1.165) is 17.8 Å². The van der Waals surface area contributed by atoms with Crippen LogP contribution in [0.15, 0.2) is 17.1 Å². The van der Waals surface area contributed by atoms with Crippen LogP contribution in [0, 0.1) is 6.92 Å². The van der Waals surface area contributed by atoms with Crippen LogP contribution < -0.4 is 10.5 Å². The molecule has 0 spiro atoms. The van der Waals surface area contributed by atoms with Gasteiger partial charge in [0.2, 0.25) is 0 Å². The first kappa shape index (κ1) is 12.2. The molecule has 1 aliphatic rings. The standard InChI is InChI=1S/C13H20N2O2/c1-9-7-11(12(16)14-8-9)15-5-6-17-13(3,4)10(15)2/h7-8,10H,5-6H2,1-4H3,(H,14,16)/t10-/m0/s1. The molecule has 0 aromatic carbocycles. The first-order chi connectivity index (χ1) is 7.92. The van der Waals surface area contributed by atoms with Crippen molar-refractivity contribution in [2.75, 3.05) is 18.1 Å². The average Bonchev–Trinajstić information content (AvgIpc) is 2.26. The molecule has 17 heavy (non-hydrogen) atoms. The molecule has 1 aliphatic heterocycles. The van der Waals surface area contributed by atoms with Crippen LogP contribution in [0.1, 0.15) is 26.3 Å². The molecule has 0 bridgehead atoms. The Balaban J connectivity index is 2.39. The largest absolute Gasteiger partial charge is 0.372 e. The van der Waals surface area contributed by atoms with Crippen LogP contribution in [-0.2, 0) is 4.74 Å². The van der Waals surface area contributed by atoms with Gasteiger partial charge in [0, 0.05) is 12.7 Å². The quantitative estimate of drug-likeness (QED) is 0.807. The van der Waals surface area contributed by atoms with Gasteiger partial charge in [0.1, 0.15) is 5.69 Å². The van der Waals surface area contributed by atoms with Gasteiger partial charge in [0.25, 0.3) is 5.56 Å². The molecule has 2 heterocycles. The Labute approximate surface area is 102 Å². The summed E-state index contributed by atoms with van der Waals surface area (Å²) in [5.41, 5.74) is 1.55. The number of pyridine rings is 1. The van der Waals surface area contributed by atoms with Crippen LogP contribution in [0.3, 0.4) is 0 Å². The van der Waals surface area contributed by atoms with E-state index in [4.69, 9.17) is 4.74 Å². The summed E-state index contributed by atoms with van der Waals surface area (Å²) >= 11 is 0. The van der Waals surface area contributed by atoms with E-state index in [-0.39, 0.29) is 17.2 Å². The molecule has 94 valence electrons. The predicted octanol–water partition coefficient (Wildman–Crippen LogP) is 1.69. The van der Waals surface area contributed by atoms with Crippen molar-refractivity contribution in [1.82, 2.24) is 4.98 Å². The third-order valence-corrected chi connectivity index (χ3v) is 3.62. The molecule has 4 nitrogen and oxygen atoms in total. The lowest BCUT2D eigenvalue weighted by molar-refractivity contribution is -0.0530. The highest BCUT2D eigenvalue weighted by atomic mass is 16.5. The second-order valence-electron chi connectivity index (χ2n) is 5.21. The van der Waals surface area contributed by atoms with Crippen molar-refractivity contribution in [1.29, 1.82) is 0 Å². The molecule has 2 rings (SSSR count). The zero-order valence-electron chi connectivity index (χ0n) is 10.9. The second kappa shape index (κ2) is 4.18. The Hall–Kier alpha value is -1.29. The van der Waals surface area contributed by atoms with Crippen LogP contribution in [0.2, 0.25) is 0 Å². The third kappa shape index (κ3) is 2.22. The summed E-state index contributed by atoms with van der Waals surface area (Å²) in [4.78, 5) is 16.8. The van der Waals surface area contributed by atoms with Gasteiger partial charge >= 0.3 is 0 Å². The Morgan fingerprint density at radius 1 is 1.53 bits per heavy atom. The summed E-state index contributed by atoms with van der Waals surface area (Å²) in [5, 5.41) is 0. The first-order valence-corrected chi connectivity index (χ1v) is 6.02. The Bertz CT molecular complexity index is 465. The molecule has 1 saturated heterocycles. The zero-order valence-corrected chi connectivity index (χ0v) is 10.9. The Kier molecular flexibility index (Phi) is 3.00. The topological polar surface area (TPSA) is 45.3 Å². The minimum atomic E-state index is -0.228. The van der Waals surface area contributed by atoms with Crippen molar-refractivity contribution in [2.24, 2.45) is 0 Å². The molecule has 0 amide bonds. The van der Waals surface area contributed by atoms with Crippen LogP contribution in [0.25, 0.3) is 0 Å². The number of nitrogens with zero attached hydrogens (tertiary/aromatic N) is 1. The summed E-state index contributed by atoms with van der Waals surface area (Å²) in [7, 11) is 0. The predicted molar refractivity (Wildman–Crippen MR) is 68.6 cm³/mol. The van der Waals surface area contributed by atoms with E-state index >= 15 is 0 Å². The molecule has 1 N–H and O–H groups in total. The van der Waals surface area contributed by atoms with E-state index in [0.29, 0.717) is 6.61 Å². The summed E-state index contributed by atoms with van der Waals surface area (Å²) in [5.74, 6) is 0. The van der Waals surface area contributed by atoms with Gasteiger partial charge in [-0.3, -0.25) is 4.79 Å². The average molecular weight is 236 g/mol. The van der Waals surface area contributed by atoms with Gasteiger partial charge in [-0.05, 0) is 39.3 Å². The number of H-pyrrole nitrogens is 1. The molecule has 0 unspecified atom stereocenters. The van der Waals surface area contributed by atoms with E-state index in [1.165, 1.54) is 0 Å². The van der Waals surface area contributed by atoms with E-state index in [1.807, 2.05) is 13.0 Å². The molecule has 1 atom stereocenters. The zero-order chi connectivity index (χ0) is 12.6. The molecule has 1 aromatic heterocycles. The van der Waals surface area contributed by atoms with Crippen molar-refractivity contribution < 1.29 is 4.74 Å². The van der Waals surface area contributed by atoms with Crippen LogP contribution in [-0.4, -0.2) is 29.8 Å². The first-order valence-electron chi connectivity index (χ1n) is 6.02. The second-order valence-corrected chi connectivity index (χ2v) is 5.21. The molecule has 1 aromatic rings.